The maximum absolute atomic E-state index is 11.2. The highest BCUT2D eigenvalue weighted by Crippen LogP contribution is 2.20. The van der Waals surface area contributed by atoms with Gasteiger partial charge in [-0.1, -0.05) is 0 Å². The first-order chi connectivity index (χ1) is 7.67. The quantitative estimate of drug-likeness (QED) is 0.716. The van der Waals surface area contributed by atoms with Crippen molar-refractivity contribution in [3.63, 3.8) is 0 Å². The number of rotatable bonds is 5. The Labute approximate surface area is 94.5 Å². The zero-order chi connectivity index (χ0) is 12.0. The zero-order valence-corrected chi connectivity index (χ0v) is 9.45. The molecule has 0 spiro atoms. The van der Waals surface area contributed by atoms with Gasteiger partial charge in [-0.15, -0.1) is 0 Å². The van der Waals surface area contributed by atoms with Gasteiger partial charge in [0.25, 0.3) is 0 Å². The number of carbonyl (C=O) groups is 1. The number of amides is 1. The molecule has 0 fully saturated rings. The van der Waals surface area contributed by atoms with Crippen molar-refractivity contribution in [1.82, 2.24) is 5.32 Å². The Morgan fingerprint density at radius 1 is 1.44 bits per heavy atom. The minimum Gasteiger partial charge on any atom is -0.496 e. The number of nitrogens with one attached hydrogen (secondary N) is 1. The summed E-state index contributed by atoms with van der Waals surface area (Å²) in [5.41, 5.74) is 7.13. The highest BCUT2D eigenvalue weighted by atomic mass is 16.5. The van der Waals surface area contributed by atoms with E-state index in [1.54, 1.807) is 25.3 Å². The number of nitrogen functional groups attached to an aromatic ring is 1. The summed E-state index contributed by atoms with van der Waals surface area (Å²) in [7, 11) is 3.05. The molecule has 1 aromatic rings. The molecule has 0 aromatic heterocycles. The van der Waals surface area contributed by atoms with Crippen LogP contribution in [0.3, 0.4) is 0 Å². The zero-order valence-electron chi connectivity index (χ0n) is 9.45. The summed E-state index contributed by atoms with van der Waals surface area (Å²) < 4.78 is 9.86. The fraction of sp³-hybridized carbons (Fsp3) is 0.364. The van der Waals surface area contributed by atoms with Crippen LogP contribution in [0.1, 0.15) is 5.56 Å². The molecule has 88 valence electrons. The minimum absolute atomic E-state index is 0.0463. The van der Waals surface area contributed by atoms with Crippen molar-refractivity contribution >= 4 is 11.6 Å². The maximum atomic E-state index is 11.2. The molecule has 1 amide bonds. The lowest BCUT2D eigenvalue weighted by molar-refractivity contribution is -0.124. The van der Waals surface area contributed by atoms with Crippen molar-refractivity contribution < 1.29 is 14.3 Å². The van der Waals surface area contributed by atoms with Crippen LogP contribution in [0.15, 0.2) is 18.2 Å². The molecule has 0 radical (unpaired) electrons. The third kappa shape index (κ3) is 3.43. The van der Waals surface area contributed by atoms with Gasteiger partial charge in [-0.25, -0.2) is 0 Å². The van der Waals surface area contributed by atoms with Gasteiger partial charge in [-0.05, 0) is 18.2 Å². The number of ether oxygens (including phenoxy) is 2. The monoisotopic (exact) mass is 224 g/mol. The molecule has 0 heterocycles. The van der Waals surface area contributed by atoms with Gasteiger partial charge in [0.1, 0.15) is 12.4 Å². The molecule has 0 aliphatic carbocycles. The fourth-order valence-electron chi connectivity index (χ4n) is 1.31. The molecule has 1 rings (SSSR count). The Morgan fingerprint density at radius 2 is 2.19 bits per heavy atom. The fourth-order valence-corrected chi connectivity index (χ4v) is 1.31. The van der Waals surface area contributed by atoms with Gasteiger partial charge >= 0.3 is 0 Å². The van der Waals surface area contributed by atoms with E-state index < -0.39 is 0 Å². The largest absolute Gasteiger partial charge is 0.496 e. The Morgan fingerprint density at radius 3 is 2.81 bits per heavy atom. The third-order valence-corrected chi connectivity index (χ3v) is 2.06. The van der Waals surface area contributed by atoms with E-state index in [9.17, 15) is 4.79 Å². The van der Waals surface area contributed by atoms with Gasteiger partial charge in [0, 0.05) is 24.9 Å². The van der Waals surface area contributed by atoms with Gasteiger partial charge in [-0.2, -0.15) is 0 Å². The van der Waals surface area contributed by atoms with E-state index in [0.717, 1.165) is 5.56 Å². The Bertz CT molecular complexity index is 366. The van der Waals surface area contributed by atoms with Gasteiger partial charge in [0.05, 0.1) is 7.11 Å². The molecule has 0 aliphatic heterocycles. The van der Waals surface area contributed by atoms with Gasteiger partial charge in [0.15, 0.2) is 0 Å². The summed E-state index contributed by atoms with van der Waals surface area (Å²) in [6.45, 7) is 0.418. The minimum atomic E-state index is -0.174. The van der Waals surface area contributed by atoms with Crippen LogP contribution < -0.4 is 15.8 Å². The molecular weight excluding hydrogens is 208 g/mol. The smallest absolute Gasteiger partial charge is 0.246 e. The summed E-state index contributed by atoms with van der Waals surface area (Å²) in [6.07, 6.45) is 0. The first-order valence-electron chi connectivity index (χ1n) is 4.85. The second-order valence-corrected chi connectivity index (χ2v) is 3.28. The van der Waals surface area contributed by atoms with E-state index in [2.05, 4.69) is 5.32 Å². The van der Waals surface area contributed by atoms with Crippen LogP contribution in [0, 0.1) is 0 Å². The van der Waals surface area contributed by atoms with E-state index in [-0.39, 0.29) is 12.5 Å². The predicted molar refractivity (Wildman–Crippen MR) is 61.1 cm³/mol. The Balaban J connectivity index is 2.65. The molecule has 16 heavy (non-hydrogen) atoms. The standard InChI is InChI=1S/C11H16N2O3/c1-15-7-11(14)13-6-8-5-9(12)3-4-10(8)16-2/h3-5H,6-7,12H2,1-2H3,(H,13,14). The number of hydrogen-bond acceptors (Lipinski definition) is 4. The number of benzene rings is 1. The van der Waals surface area contributed by atoms with Crippen molar-refractivity contribution in [3.05, 3.63) is 23.8 Å². The molecule has 0 aliphatic rings. The molecule has 5 nitrogen and oxygen atoms in total. The molecule has 0 saturated carbocycles. The molecule has 3 N–H and O–H groups in total. The number of methoxy groups -OCH3 is 2. The molecule has 5 heteroatoms. The van der Waals surface area contributed by atoms with Crippen LogP contribution in [-0.4, -0.2) is 26.7 Å². The lowest BCUT2D eigenvalue weighted by Crippen LogP contribution is -2.26. The van der Waals surface area contributed by atoms with Crippen LogP contribution in [0.4, 0.5) is 5.69 Å². The predicted octanol–water partition coefficient (Wildman–Crippen LogP) is 0.540. The second-order valence-electron chi connectivity index (χ2n) is 3.28. The van der Waals surface area contributed by atoms with Crippen molar-refractivity contribution in [2.24, 2.45) is 0 Å². The Hall–Kier alpha value is -1.75. The van der Waals surface area contributed by atoms with Crippen molar-refractivity contribution in [1.29, 1.82) is 0 Å². The van der Waals surface area contributed by atoms with Crippen LogP contribution in [0.5, 0.6) is 5.75 Å². The number of nitrogens with two attached hydrogens (primary N) is 1. The lowest BCUT2D eigenvalue weighted by atomic mass is 10.2. The molecule has 0 atom stereocenters. The van der Waals surface area contributed by atoms with E-state index >= 15 is 0 Å². The molecule has 0 saturated heterocycles. The third-order valence-electron chi connectivity index (χ3n) is 2.06. The SMILES string of the molecule is COCC(=O)NCc1cc(N)ccc1OC. The van der Waals surface area contributed by atoms with Crippen LogP contribution >= 0.6 is 0 Å². The summed E-state index contributed by atoms with van der Waals surface area (Å²) in [5.74, 6) is 0.527. The molecule has 1 aromatic carbocycles. The number of carbonyl (C=O) groups excluding carboxylic acids is 1. The van der Waals surface area contributed by atoms with E-state index in [1.165, 1.54) is 7.11 Å². The highest BCUT2D eigenvalue weighted by molar-refractivity contribution is 5.77. The van der Waals surface area contributed by atoms with E-state index in [0.29, 0.717) is 18.0 Å². The van der Waals surface area contributed by atoms with Crippen LogP contribution in [0.2, 0.25) is 0 Å². The first-order valence-corrected chi connectivity index (χ1v) is 4.85. The lowest BCUT2D eigenvalue weighted by Gasteiger charge is -2.10. The van der Waals surface area contributed by atoms with Crippen molar-refractivity contribution in [2.75, 3.05) is 26.6 Å². The maximum Gasteiger partial charge on any atom is 0.246 e. The van der Waals surface area contributed by atoms with Crippen molar-refractivity contribution in [2.45, 2.75) is 6.54 Å². The number of hydrogen-bond donors (Lipinski definition) is 2. The normalized spacial score (nSPS) is 9.88. The topological polar surface area (TPSA) is 73.6 Å². The molecular formula is C11H16N2O3. The average Bonchev–Trinajstić information content (AvgIpc) is 2.27. The average molecular weight is 224 g/mol. The van der Waals surface area contributed by atoms with Gasteiger partial charge < -0.3 is 20.5 Å². The van der Waals surface area contributed by atoms with Crippen LogP contribution in [0.25, 0.3) is 0 Å². The van der Waals surface area contributed by atoms with Gasteiger partial charge in [-0.3, -0.25) is 4.79 Å². The molecule has 0 bridgehead atoms. The second kappa shape index (κ2) is 5.97. The molecule has 0 unspecified atom stereocenters. The summed E-state index contributed by atoms with van der Waals surface area (Å²) in [5, 5.41) is 2.70. The van der Waals surface area contributed by atoms with Crippen molar-refractivity contribution in [3.8, 4) is 5.75 Å². The summed E-state index contributed by atoms with van der Waals surface area (Å²) >= 11 is 0. The summed E-state index contributed by atoms with van der Waals surface area (Å²) in [4.78, 5) is 11.2. The van der Waals surface area contributed by atoms with Crippen LogP contribution in [-0.2, 0) is 16.1 Å². The van der Waals surface area contributed by atoms with E-state index in [4.69, 9.17) is 15.2 Å². The van der Waals surface area contributed by atoms with Gasteiger partial charge in [0.2, 0.25) is 5.91 Å². The summed E-state index contributed by atoms with van der Waals surface area (Å²) in [6, 6.07) is 5.29. The highest BCUT2D eigenvalue weighted by Gasteiger charge is 2.05. The number of anilines is 1. The first kappa shape index (κ1) is 12.3. The van der Waals surface area contributed by atoms with E-state index in [1.807, 2.05) is 0 Å². The Kier molecular flexibility index (Phi) is 4.60.